The summed E-state index contributed by atoms with van der Waals surface area (Å²) in [5, 5.41) is 0.773. The van der Waals surface area contributed by atoms with Crippen LogP contribution in [0.4, 0.5) is 0 Å². The van der Waals surface area contributed by atoms with E-state index in [-0.39, 0.29) is 10.8 Å². The maximum Gasteiger partial charge on any atom is 0.242 e. The van der Waals surface area contributed by atoms with Gasteiger partial charge in [0.25, 0.3) is 0 Å². The van der Waals surface area contributed by atoms with Crippen LogP contribution in [-0.2, 0) is 21.4 Å². The molecule has 0 bridgehead atoms. The molecule has 2 atom stereocenters. The molecule has 0 N–H and O–H groups in total. The summed E-state index contributed by atoms with van der Waals surface area (Å²) in [7, 11) is -0.478. The van der Waals surface area contributed by atoms with Gasteiger partial charge in [0.1, 0.15) is 0 Å². The number of carbonyl (C=O) groups is 1. The van der Waals surface area contributed by atoms with Gasteiger partial charge in [0.2, 0.25) is 15.9 Å². The van der Waals surface area contributed by atoms with Gasteiger partial charge in [0.05, 0.1) is 21.7 Å². The van der Waals surface area contributed by atoms with Crippen LogP contribution < -0.4 is 0 Å². The summed E-state index contributed by atoms with van der Waals surface area (Å²) in [4.78, 5) is 19.8. The molecule has 0 saturated carbocycles. The van der Waals surface area contributed by atoms with Gasteiger partial charge in [0, 0.05) is 33.7 Å². The molecule has 2 heterocycles. The van der Waals surface area contributed by atoms with E-state index < -0.39 is 10.0 Å². The van der Waals surface area contributed by atoms with E-state index in [0.717, 1.165) is 43.1 Å². The minimum atomic E-state index is -3.52. The van der Waals surface area contributed by atoms with Gasteiger partial charge in [0.15, 0.2) is 5.16 Å². The third kappa shape index (κ3) is 5.43. The Morgan fingerprint density at radius 2 is 1.90 bits per heavy atom. The average molecular weight is 467 g/mol. The van der Waals surface area contributed by atoms with Gasteiger partial charge >= 0.3 is 0 Å². The fourth-order valence-electron chi connectivity index (χ4n) is 4.19. The number of aromatic nitrogens is 2. The van der Waals surface area contributed by atoms with E-state index in [9.17, 15) is 13.2 Å². The standard InChI is InChI=1S/C22H34N4O3S2/c1-6-7-10-26-20-9-8-18(31(28,29)24(4)5)12-19(20)23-22(26)30-15-21(27)25-13-16(2)11-17(3)14-25/h8-9,12,16-17H,6-7,10-11,13-15H2,1-5H3. The van der Waals surface area contributed by atoms with Gasteiger partial charge in [-0.25, -0.2) is 17.7 Å². The van der Waals surface area contributed by atoms with Crippen LogP contribution in [0.1, 0.15) is 40.0 Å². The molecule has 2 aromatic rings. The van der Waals surface area contributed by atoms with Crippen molar-refractivity contribution in [1.29, 1.82) is 0 Å². The Bertz CT molecular complexity index is 1020. The zero-order valence-corrected chi connectivity index (χ0v) is 20.8. The second-order valence-electron chi connectivity index (χ2n) is 8.87. The number of benzene rings is 1. The highest BCUT2D eigenvalue weighted by molar-refractivity contribution is 7.99. The second-order valence-corrected chi connectivity index (χ2v) is 12.0. The van der Waals surface area contributed by atoms with Crippen molar-refractivity contribution in [1.82, 2.24) is 18.8 Å². The van der Waals surface area contributed by atoms with Crippen LogP contribution >= 0.6 is 11.8 Å². The molecule has 7 nitrogen and oxygen atoms in total. The molecule has 1 aliphatic rings. The van der Waals surface area contributed by atoms with Crippen molar-refractivity contribution in [2.24, 2.45) is 11.8 Å². The Kier molecular flexibility index (Phi) is 7.70. The van der Waals surface area contributed by atoms with Crippen molar-refractivity contribution in [3.63, 3.8) is 0 Å². The van der Waals surface area contributed by atoms with E-state index in [4.69, 9.17) is 4.98 Å². The lowest BCUT2D eigenvalue weighted by molar-refractivity contribution is -0.130. The van der Waals surface area contributed by atoms with Crippen molar-refractivity contribution in [2.75, 3.05) is 32.9 Å². The summed E-state index contributed by atoms with van der Waals surface area (Å²) in [6, 6.07) is 5.10. The summed E-state index contributed by atoms with van der Waals surface area (Å²) in [5.74, 6) is 1.55. The maximum absolute atomic E-state index is 12.8. The number of nitrogens with zero attached hydrogens (tertiary/aromatic N) is 4. The van der Waals surface area contributed by atoms with Gasteiger partial charge < -0.3 is 9.47 Å². The van der Waals surface area contributed by atoms with Crippen LogP contribution in [-0.4, -0.2) is 66.0 Å². The van der Waals surface area contributed by atoms with Gasteiger partial charge in [-0.2, -0.15) is 0 Å². The zero-order chi connectivity index (χ0) is 22.8. The van der Waals surface area contributed by atoms with Crippen LogP contribution in [0.25, 0.3) is 11.0 Å². The van der Waals surface area contributed by atoms with Gasteiger partial charge in [-0.05, 0) is 42.9 Å². The van der Waals surface area contributed by atoms with Gasteiger partial charge in [-0.1, -0.05) is 39.0 Å². The molecule has 1 amide bonds. The second kappa shape index (κ2) is 9.92. The molecule has 1 fully saturated rings. The fourth-order valence-corrected chi connectivity index (χ4v) is 6.05. The number of rotatable bonds is 8. The number of sulfonamides is 1. The summed E-state index contributed by atoms with van der Waals surface area (Å²) < 4.78 is 28.4. The monoisotopic (exact) mass is 466 g/mol. The van der Waals surface area contributed by atoms with Crippen LogP contribution in [0.3, 0.4) is 0 Å². The lowest BCUT2D eigenvalue weighted by atomic mass is 9.92. The Hall–Kier alpha value is -1.58. The third-order valence-corrected chi connectivity index (χ3v) is 8.52. The zero-order valence-electron chi connectivity index (χ0n) is 19.2. The SMILES string of the molecule is CCCCn1c(SCC(=O)N2CC(C)CC(C)C2)nc2cc(S(=O)(=O)N(C)C)ccc21. The summed E-state index contributed by atoms with van der Waals surface area (Å²) in [6.07, 6.45) is 3.20. The number of unbranched alkanes of at least 4 members (excludes halogenated alkanes) is 1. The molecule has 1 aromatic carbocycles. The molecule has 0 spiro atoms. The van der Waals surface area contributed by atoms with E-state index in [1.807, 2.05) is 11.0 Å². The molecule has 0 aliphatic carbocycles. The van der Waals surface area contributed by atoms with Crippen LogP contribution in [0.5, 0.6) is 0 Å². The number of fused-ring (bicyclic) bond motifs is 1. The summed E-state index contributed by atoms with van der Waals surface area (Å²) in [6.45, 7) is 8.97. The van der Waals surface area contributed by atoms with Gasteiger partial charge in [-0.3, -0.25) is 4.79 Å². The van der Waals surface area contributed by atoms with Gasteiger partial charge in [-0.15, -0.1) is 0 Å². The number of aryl methyl sites for hydroxylation is 1. The minimum absolute atomic E-state index is 0.147. The molecule has 0 radical (unpaired) electrons. The van der Waals surface area contributed by atoms with Crippen LogP contribution in [0.2, 0.25) is 0 Å². The van der Waals surface area contributed by atoms with E-state index in [0.29, 0.717) is 23.1 Å². The molecule has 31 heavy (non-hydrogen) atoms. The Balaban J connectivity index is 1.85. The molecule has 1 saturated heterocycles. The largest absolute Gasteiger partial charge is 0.341 e. The normalized spacial score (nSPS) is 20.0. The number of carbonyl (C=O) groups excluding carboxylic acids is 1. The first-order valence-electron chi connectivity index (χ1n) is 11.0. The molecule has 3 rings (SSSR count). The fraction of sp³-hybridized carbons (Fsp3) is 0.636. The first kappa shape index (κ1) is 24.1. The lowest BCUT2D eigenvalue weighted by Crippen LogP contribution is -2.43. The maximum atomic E-state index is 12.8. The highest BCUT2D eigenvalue weighted by atomic mass is 32.2. The number of likely N-dealkylation sites (tertiary alicyclic amines) is 1. The number of piperidine rings is 1. The molecule has 9 heteroatoms. The number of hydrogen-bond donors (Lipinski definition) is 0. The van der Waals surface area contributed by atoms with Crippen LogP contribution in [0, 0.1) is 11.8 Å². The average Bonchev–Trinajstić information content (AvgIpc) is 3.06. The minimum Gasteiger partial charge on any atom is -0.341 e. The topological polar surface area (TPSA) is 75.5 Å². The van der Waals surface area contributed by atoms with Crippen molar-refractivity contribution in [2.45, 2.75) is 56.6 Å². The van der Waals surface area contributed by atoms with Crippen LogP contribution in [0.15, 0.2) is 28.3 Å². The Morgan fingerprint density at radius 1 is 1.23 bits per heavy atom. The Labute approximate surface area is 190 Å². The first-order chi connectivity index (χ1) is 14.6. The predicted octanol–water partition coefficient (Wildman–Crippen LogP) is 3.68. The van der Waals surface area contributed by atoms with E-state index in [1.54, 1.807) is 12.1 Å². The van der Waals surface area contributed by atoms with Crippen molar-refractivity contribution in [3.8, 4) is 0 Å². The van der Waals surface area contributed by atoms with Crippen molar-refractivity contribution in [3.05, 3.63) is 18.2 Å². The molecule has 1 aromatic heterocycles. The number of thioether (sulfide) groups is 1. The highest BCUT2D eigenvalue weighted by Crippen LogP contribution is 2.28. The summed E-state index contributed by atoms with van der Waals surface area (Å²) >= 11 is 1.45. The number of imidazole rings is 1. The molecule has 172 valence electrons. The molecule has 2 unspecified atom stereocenters. The Morgan fingerprint density at radius 3 is 2.52 bits per heavy atom. The van der Waals surface area contributed by atoms with E-state index in [2.05, 4.69) is 25.3 Å². The summed E-state index contributed by atoms with van der Waals surface area (Å²) in [5.41, 5.74) is 1.55. The first-order valence-corrected chi connectivity index (χ1v) is 13.4. The van der Waals surface area contributed by atoms with Crippen molar-refractivity contribution < 1.29 is 13.2 Å². The van der Waals surface area contributed by atoms with E-state index >= 15 is 0 Å². The smallest absolute Gasteiger partial charge is 0.242 e. The molecular weight excluding hydrogens is 432 g/mol. The molecular formula is C22H34N4O3S2. The third-order valence-electron chi connectivity index (χ3n) is 5.74. The van der Waals surface area contributed by atoms with Crippen molar-refractivity contribution >= 4 is 38.7 Å². The van der Waals surface area contributed by atoms with E-state index in [1.165, 1.54) is 36.6 Å². The number of amides is 1. The predicted molar refractivity (Wildman–Crippen MR) is 126 cm³/mol. The quantitative estimate of drug-likeness (QED) is 0.555. The lowest BCUT2D eigenvalue weighted by Gasteiger charge is -2.35. The highest BCUT2D eigenvalue weighted by Gasteiger charge is 2.26. The molecule has 1 aliphatic heterocycles. The number of hydrogen-bond acceptors (Lipinski definition) is 5.